The number of carbonyl (C=O) groups is 1. The van der Waals surface area contributed by atoms with Gasteiger partial charge in [-0.25, -0.2) is 0 Å². The molecular weight excluding hydrogens is 340 g/mol. The van der Waals surface area contributed by atoms with Gasteiger partial charge in [0.1, 0.15) is 5.82 Å². The molecule has 3 rings (SSSR count). The minimum atomic E-state index is -0.246. The number of rotatable bonds is 6. The van der Waals surface area contributed by atoms with Gasteiger partial charge >= 0.3 is 5.97 Å². The minimum absolute atomic E-state index is 0.0716. The molecule has 0 aliphatic carbocycles. The fourth-order valence-corrected chi connectivity index (χ4v) is 3.42. The lowest BCUT2D eigenvalue weighted by Gasteiger charge is -2.10. The fourth-order valence-electron chi connectivity index (χ4n) is 2.72. The smallest absolute Gasteiger partial charge is 0.316 e. The molecule has 0 unspecified atom stereocenters. The number of hydrogen-bond acceptors (Lipinski definition) is 6. The molecule has 0 amide bonds. The van der Waals surface area contributed by atoms with E-state index in [1.54, 1.807) is 10.6 Å². The summed E-state index contributed by atoms with van der Waals surface area (Å²) in [5.41, 5.74) is 0.704. The minimum Gasteiger partial charge on any atom is -0.462 e. The topological polar surface area (TPSA) is 78.5 Å². The van der Waals surface area contributed by atoms with Crippen molar-refractivity contribution in [1.29, 1.82) is 0 Å². The molecule has 132 valence electrons. The Balaban J connectivity index is 1.96. The monoisotopic (exact) mass is 360 g/mol. The van der Waals surface area contributed by atoms with Crippen molar-refractivity contribution < 1.29 is 9.53 Å². The van der Waals surface area contributed by atoms with Crippen LogP contribution in [0.4, 0.5) is 0 Å². The molecule has 0 aliphatic heterocycles. The van der Waals surface area contributed by atoms with Gasteiger partial charge in [0, 0.05) is 6.54 Å². The van der Waals surface area contributed by atoms with Crippen LogP contribution in [0.2, 0.25) is 0 Å². The maximum atomic E-state index is 12.6. The van der Waals surface area contributed by atoms with Crippen LogP contribution in [0.5, 0.6) is 0 Å². The van der Waals surface area contributed by atoms with E-state index in [-0.39, 0.29) is 23.4 Å². The summed E-state index contributed by atoms with van der Waals surface area (Å²) in [5.74, 6) is 1.73. The molecule has 1 aromatic carbocycles. The van der Waals surface area contributed by atoms with Crippen LogP contribution in [0, 0.1) is 0 Å². The highest BCUT2D eigenvalue weighted by Gasteiger charge is 2.16. The van der Waals surface area contributed by atoms with E-state index in [0.717, 1.165) is 5.52 Å². The predicted molar refractivity (Wildman–Crippen MR) is 97.8 cm³/mol. The van der Waals surface area contributed by atoms with Crippen molar-refractivity contribution in [1.82, 2.24) is 19.2 Å². The average Bonchev–Trinajstić information content (AvgIpc) is 2.99. The first kappa shape index (κ1) is 17.5. The van der Waals surface area contributed by atoms with E-state index in [1.807, 2.05) is 43.4 Å². The molecule has 0 fully saturated rings. The number of aryl methyl sites for hydroxylation is 1. The number of thioether (sulfide) groups is 1. The molecule has 0 atom stereocenters. The van der Waals surface area contributed by atoms with Crippen molar-refractivity contribution in [2.24, 2.45) is 0 Å². The molecular formula is C17H20N4O3S. The molecule has 2 heterocycles. The number of hydrogen-bond donors (Lipinski definition) is 0. The third kappa shape index (κ3) is 3.39. The number of aromatic nitrogens is 4. The van der Waals surface area contributed by atoms with Gasteiger partial charge in [-0.1, -0.05) is 12.1 Å². The summed E-state index contributed by atoms with van der Waals surface area (Å²) in [5, 5.41) is 9.05. The molecule has 0 saturated heterocycles. The maximum Gasteiger partial charge on any atom is 0.316 e. The summed E-state index contributed by atoms with van der Waals surface area (Å²) in [7, 11) is 0. The van der Waals surface area contributed by atoms with Crippen molar-refractivity contribution in [2.75, 3.05) is 5.75 Å². The highest BCUT2D eigenvalue weighted by atomic mass is 32.2. The van der Waals surface area contributed by atoms with Crippen LogP contribution in [-0.4, -0.2) is 37.0 Å². The molecule has 0 spiro atoms. The summed E-state index contributed by atoms with van der Waals surface area (Å²) in [6.45, 7) is 6.07. The zero-order chi connectivity index (χ0) is 18.0. The van der Waals surface area contributed by atoms with Gasteiger partial charge in [-0.15, -0.1) is 22.0 Å². The highest BCUT2D eigenvalue weighted by Crippen LogP contribution is 2.18. The summed E-state index contributed by atoms with van der Waals surface area (Å²) in [4.78, 5) is 24.3. The molecule has 0 N–H and O–H groups in total. The summed E-state index contributed by atoms with van der Waals surface area (Å²) < 4.78 is 8.63. The van der Waals surface area contributed by atoms with E-state index < -0.39 is 0 Å². The Morgan fingerprint density at radius 3 is 2.76 bits per heavy atom. The van der Waals surface area contributed by atoms with E-state index in [4.69, 9.17) is 4.74 Å². The van der Waals surface area contributed by atoms with E-state index >= 15 is 0 Å². The lowest BCUT2D eigenvalue weighted by atomic mass is 10.2. The SMILES string of the molecule is CCn1c(=O)c2ccccc2n2c(CSCC(=O)OC(C)C)nnc12. The Morgan fingerprint density at radius 2 is 2.04 bits per heavy atom. The summed E-state index contributed by atoms with van der Waals surface area (Å²) in [6.07, 6.45) is -0.120. The quantitative estimate of drug-likeness (QED) is 0.628. The first-order valence-electron chi connectivity index (χ1n) is 8.15. The fraction of sp³-hybridized carbons (Fsp3) is 0.412. The standard InChI is InChI=1S/C17H20N4O3S/c1-4-20-16(23)12-7-5-6-8-13(12)21-14(18-19-17(20)21)9-25-10-15(22)24-11(2)3/h5-8,11H,4,9-10H2,1-3H3. The van der Waals surface area contributed by atoms with E-state index in [1.165, 1.54) is 11.8 Å². The zero-order valence-electron chi connectivity index (χ0n) is 14.4. The number of fused-ring (bicyclic) bond motifs is 3. The number of para-hydroxylation sites is 1. The summed E-state index contributed by atoms with van der Waals surface area (Å²) in [6, 6.07) is 7.42. The highest BCUT2D eigenvalue weighted by molar-refractivity contribution is 7.99. The average molecular weight is 360 g/mol. The number of carbonyl (C=O) groups excluding carboxylic acids is 1. The second-order valence-corrected chi connectivity index (χ2v) is 6.84. The first-order valence-corrected chi connectivity index (χ1v) is 9.31. The van der Waals surface area contributed by atoms with Gasteiger partial charge in [0.2, 0.25) is 5.78 Å². The largest absolute Gasteiger partial charge is 0.462 e. The Labute approximate surface area is 149 Å². The third-order valence-electron chi connectivity index (χ3n) is 3.71. The Kier molecular flexibility index (Phi) is 5.08. The molecule has 0 radical (unpaired) electrons. The molecule has 25 heavy (non-hydrogen) atoms. The lowest BCUT2D eigenvalue weighted by Crippen LogP contribution is -2.22. The van der Waals surface area contributed by atoms with Crippen LogP contribution < -0.4 is 5.56 Å². The van der Waals surface area contributed by atoms with E-state index in [2.05, 4.69) is 10.2 Å². The third-order valence-corrected chi connectivity index (χ3v) is 4.61. The number of esters is 1. The van der Waals surface area contributed by atoms with Gasteiger partial charge in [0.15, 0.2) is 0 Å². The van der Waals surface area contributed by atoms with Gasteiger partial charge in [0.05, 0.1) is 28.5 Å². The summed E-state index contributed by atoms with van der Waals surface area (Å²) >= 11 is 1.42. The normalized spacial score (nSPS) is 11.5. The molecule has 0 aliphatic rings. The molecule has 0 saturated carbocycles. The first-order chi connectivity index (χ1) is 12.0. The second kappa shape index (κ2) is 7.26. The predicted octanol–water partition coefficient (Wildman–Crippen LogP) is 2.25. The van der Waals surface area contributed by atoms with E-state index in [9.17, 15) is 9.59 Å². The molecule has 3 aromatic rings. The van der Waals surface area contributed by atoms with Crippen LogP contribution in [0.1, 0.15) is 26.6 Å². The number of benzene rings is 1. The van der Waals surface area contributed by atoms with Crippen LogP contribution in [0.15, 0.2) is 29.1 Å². The van der Waals surface area contributed by atoms with Gasteiger partial charge < -0.3 is 4.74 Å². The van der Waals surface area contributed by atoms with Crippen molar-refractivity contribution in [3.63, 3.8) is 0 Å². The van der Waals surface area contributed by atoms with Crippen molar-refractivity contribution in [3.05, 3.63) is 40.4 Å². The van der Waals surface area contributed by atoms with Gasteiger partial charge in [-0.2, -0.15) is 0 Å². The van der Waals surface area contributed by atoms with E-state index in [0.29, 0.717) is 29.3 Å². The Bertz CT molecular complexity index is 977. The molecule has 7 nitrogen and oxygen atoms in total. The molecule has 8 heteroatoms. The van der Waals surface area contributed by atoms with Crippen molar-refractivity contribution >= 4 is 34.4 Å². The van der Waals surface area contributed by atoms with Crippen molar-refractivity contribution in [3.8, 4) is 0 Å². The lowest BCUT2D eigenvalue weighted by molar-refractivity contribution is -0.144. The van der Waals surface area contributed by atoms with Crippen LogP contribution >= 0.6 is 11.8 Å². The number of ether oxygens (including phenoxy) is 1. The van der Waals surface area contributed by atoms with Crippen molar-refractivity contribution in [2.45, 2.75) is 39.2 Å². The Morgan fingerprint density at radius 1 is 1.28 bits per heavy atom. The van der Waals surface area contributed by atoms with Crippen LogP contribution in [0.25, 0.3) is 16.7 Å². The zero-order valence-corrected chi connectivity index (χ0v) is 15.2. The van der Waals surface area contributed by atoms with Crippen LogP contribution in [-0.2, 0) is 21.8 Å². The molecule has 2 aromatic heterocycles. The number of nitrogens with zero attached hydrogens (tertiary/aromatic N) is 4. The van der Waals surface area contributed by atoms with Crippen LogP contribution in [0.3, 0.4) is 0 Å². The van der Waals surface area contributed by atoms with Gasteiger partial charge in [0.25, 0.3) is 5.56 Å². The van der Waals surface area contributed by atoms with Gasteiger partial charge in [-0.05, 0) is 32.9 Å². The maximum absolute atomic E-state index is 12.6. The molecule has 0 bridgehead atoms. The Hall–Kier alpha value is -2.35. The second-order valence-electron chi connectivity index (χ2n) is 5.85. The van der Waals surface area contributed by atoms with Gasteiger partial charge in [-0.3, -0.25) is 18.6 Å².